The van der Waals surface area contributed by atoms with Crippen molar-refractivity contribution in [3.8, 4) is 5.75 Å². The number of hydrogen-bond donors (Lipinski definition) is 2. The molecular weight excluding hydrogens is 349 g/mol. The molecule has 2 atom stereocenters. The van der Waals surface area contributed by atoms with Crippen molar-refractivity contribution < 1.29 is 23.8 Å². The van der Waals surface area contributed by atoms with E-state index in [0.717, 1.165) is 24.8 Å². The van der Waals surface area contributed by atoms with Gasteiger partial charge >= 0.3 is 5.97 Å². The van der Waals surface area contributed by atoms with Crippen molar-refractivity contribution in [3.05, 3.63) is 65.0 Å². The largest absolute Gasteiger partial charge is 0.494 e. The first-order valence-electron chi connectivity index (χ1n) is 8.95. The van der Waals surface area contributed by atoms with Crippen LogP contribution in [0.15, 0.2) is 42.5 Å². The van der Waals surface area contributed by atoms with Crippen LogP contribution in [0.3, 0.4) is 0 Å². The van der Waals surface area contributed by atoms with E-state index in [9.17, 15) is 19.1 Å². The molecule has 0 saturated heterocycles. The van der Waals surface area contributed by atoms with E-state index in [-0.39, 0.29) is 23.7 Å². The summed E-state index contributed by atoms with van der Waals surface area (Å²) < 4.78 is 19.2. The molecule has 0 heterocycles. The van der Waals surface area contributed by atoms with E-state index in [1.807, 2.05) is 18.2 Å². The van der Waals surface area contributed by atoms with E-state index in [0.29, 0.717) is 0 Å². The Balaban J connectivity index is 1.78. The lowest BCUT2D eigenvalue weighted by molar-refractivity contribution is -0.139. The molecule has 3 rings (SSSR count). The summed E-state index contributed by atoms with van der Waals surface area (Å²) >= 11 is 0. The smallest absolute Gasteiger partial charge is 0.326 e. The van der Waals surface area contributed by atoms with Gasteiger partial charge in [-0.15, -0.1) is 0 Å². The highest BCUT2D eigenvalue weighted by atomic mass is 19.1. The summed E-state index contributed by atoms with van der Waals surface area (Å²) in [5, 5.41) is 12.1. The Morgan fingerprint density at radius 1 is 1.26 bits per heavy atom. The third-order valence-electron chi connectivity index (χ3n) is 5.05. The maximum Gasteiger partial charge on any atom is 0.326 e. The fourth-order valence-corrected chi connectivity index (χ4v) is 3.69. The second-order valence-electron chi connectivity index (χ2n) is 6.71. The number of aliphatic carboxylic acids is 1. The van der Waals surface area contributed by atoms with Gasteiger partial charge in [-0.3, -0.25) is 4.79 Å². The Morgan fingerprint density at radius 2 is 2.04 bits per heavy atom. The molecule has 1 aliphatic rings. The summed E-state index contributed by atoms with van der Waals surface area (Å²) in [6, 6.07) is 11.1. The van der Waals surface area contributed by atoms with Crippen molar-refractivity contribution in [2.45, 2.75) is 37.6 Å². The van der Waals surface area contributed by atoms with Crippen LogP contribution in [0.2, 0.25) is 0 Å². The number of hydrogen-bond acceptors (Lipinski definition) is 3. The molecular formula is C21H22FNO4. The first kappa shape index (κ1) is 18.9. The summed E-state index contributed by atoms with van der Waals surface area (Å²) in [7, 11) is 1.31. The van der Waals surface area contributed by atoms with Gasteiger partial charge in [0, 0.05) is 0 Å². The Bertz CT molecular complexity index is 852. The minimum atomic E-state index is -1.13. The molecule has 0 saturated carbocycles. The molecule has 2 unspecified atom stereocenters. The topological polar surface area (TPSA) is 75.6 Å². The van der Waals surface area contributed by atoms with Gasteiger partial charge in [0.2, 0.25) is 0 Å². The average Bonchev–Trinajstić information content (AvgIpc) is 2.67. The summed E-state index contributed by atoms with van der Waals surface area (Å²) in [4.78, 5) is 24.2. The number of methoxy groups -OCH3 is 1. The molecule has 0 radical (unpaired) electrons. The van der Waals surface area contributed by atoms with E-state index in [2.05, 4.69) is 11.4 Å². The predicted octanol–water partition coefficient (Wildman–Crippen LogP) is 3.53. The number of rotatable bonds is 6. The first-order valence-corrected chi connectivity index (χ1v) is 8.95. The van der Waals surface area contributed by atoms with Crippen LogP contribution < -0.4 is 10.1 Å². The van der Waals surface area contributed by atoms with Crippen LogP contribution in [0.4, 0.5) is 4.39 Å². The summed E-state index contributed by atoms with van der Waals surface area (Å²) in [5.74, 6) is -2.70. The van der Waals surface area contributed by atoms with Crippen molar-refractivity contribution in [2.75, 3.05) is 7.11 Å². The lowest BCUT2D eigenvalue weighted by Crippen LogP contribution is -2.42. The molecule has 2 N–H and O–H groups in total. The number of halogens is 1. The van der Waals surface area contributed by atoms with Crippen molar-refractivity contribution in [1.82, 2.24) is 5.32 Å². The van der Waals surface area contributed by atoms with Crippen LogP contribution in [0.1, 0.15) is 46.7 Å². The van der Waals surface area contributed by atoms with E-state index in [4.69, 9.17) is 4.74 Å². The lowest BCUT2D eigenvalue weighted by Gasteiger charge is -2.28. The number of carbonyl (C=O) groups is 2. The molecule has 0 aromatic heterocycles. The standard InChI is InChI=1S/C21H22FNO4/c1-27-18-11-5-10-16(19(18)22)20(24)23-17(21(25)26)12-14-8-4-7-13-6-2-3-9-15(13)14/h2-3,5-6,9-11,14,17H,4,7-8,12H2,1H3,(H,23,24)(H,25,26). The van der Waals surface area contributed by atoms with Gasteiger partial charge in [-0.05, 0) is 54.9 Å². The molecule has 0 aliphatic heterocycles. The zero-order chi connectivity index (χ0) is 19.4. The molecule has 0 bridgehead atoms. The molecule has 6 heteroatoms. The van der Waals surface area contributed by atoms with Crippen LogP contribution in [-0.4, -0.2) is 30.1 Å². The maximum atomic E-state index is 14.3. The third kappa shape index (κ3) is 4.10. The zero-order valence-corrected chi connectivity index (χ0v) is 15.1. The van der Waals surface area contributed by atoms with Gasteiger partial charge < -0.3 is 15.2 Å². The van der Waals surface area contributed by atoms with Crippen LogP contribution >= 0.6 is 0 Å². The minimum Gasteiger partial charge on any atom is -0.494 e. The number of benzene rings is 2. The van der Waals surface area contributed by atoms with E-state index >= 15 is 0 Å². The fraction of sp³-hybridized carbons (Fsp3) is 0.333. The summed E-state index contributed by atoms with van der Waals surface area (Å²) in [5.41, 5.74) is 2.13. The van der Waals surface area contributed by atoms with E-state index in [1.165, 1.54) is 30.9 Å². The number of amides is 1. The predicted molar refractivity (Wildman–Crippen MR) is 98.6 cm³/mol. The summed E-state index contributed by atoms with van der Waals surface area (Å²) in [6.07, 6.45) is 3.09. The molecule has 142 valence electrons. The normalized spacial score (nSPS) is 16.9. The lowest BCUT2D eigenvalue weighted by atomic mass is 9.79. The SMILES string of the molecule is COc1cccc(C(=O)NC(CC2CCCc3ccccc32)C(=O)O)c1F. The first-order chi connectivity index (χ1) is 13.0. The van der Waals surface area contributed by atoms with Crippen molar-refractivity contribution in [1.29, 1.82) is 0 Å². The van der Waals surface area contributed by atoms with Crippen LogP contribution in [-0.2, 0) is 11.2 Å². The Kier molecular flexibility index (Phi) is 5.74. The number of carboxylic acid groups (broad SMARTS) is 1. The van der Waals surface area contributed by atoms with Gasteiger partial charge in [-0.2, -0.15) is 0 Å². The van der Waals surface area contributed by atoms with Gasteiger partial charge in [-0.25, -0.2) is 9.18 Å². The molecule has 27 heavy (non-hydrogen) atoms. The molecule has 1 aliphatic carbocycles. The second kappa shape index (κ2) is 8.20. The van der Waals surface area contributed by atoms with Crippen molar-refractivity contribution in [2.24, 2.45) is 0 Å². The zero-order valence-electron chi connectivity index (χ0n) is 15.1. The van der Waals surface area contributed by atoms with Crippen LogP contribution in [0, 0.1) is 5.82 Å². The highest BCUT2D eigenvalue weighted by Gasteiger charge is 2.29. The number of ether oxygens (including phenoxy) is 1. The Labute approximate surface area is 157 Å². The van der Waals surface area contributed by atoms with Gasteiger partial charge in [0.25, 0.3) is 5.91 Å². The van der Waals surface area contributed by atoms with E-state index < -0.39 is 23.7 Å². The number of fused-ring (bicyclic) bond motifs is 1. The number of carboxylic acids is 1. The number of aryl methyl sites for hydroxylation is 1. The maximum absolute atomic E-state index is 14.3. The third-order valence-corrected chi connectivity index (χ3v) is 5.05. The molecule has 0 spiro atoms. The van der Waals surface area contributed by atoms with E-state index in [1.54, 1.807) is 0 Å². The fourth-order valence-electron chi connectivity index (χ4n) is 3.69. The quantitative estimate of drug-likeness (QED) is 0.815. The number of nitrogens with one attached hydrogen (secondary N) is 1. The summed E-state index contributed by atoms with van der Waals surface area (Å²) in [6.45, 7) is 0. The Hall–Kier alpha value is -2.89. The minimum absolute atomic E-state index is 0.0477. The molecule has 0 fully saturated rings. The van der Waals surface area contributed by atoms with Gasteiger partial charge in [-0.1, -0.05) is 30.3 Å². The van der Waals surface area contributed by atoms with Crippen molar-refractivity contribution in [3.63, 3.8) is 0 Å². The molecule has 2 aromatic carbocycles. The molecule has 5 nitrogen and oxygen atoms in total. The van der Waals surface area contributed by atoms with Crippen molar-refractivity contribution >= 4 is 11.9 Å². The van der Waals surface area contributed by atoms with Gasteiger partial charge in [0.15, 0.2) is 11.6 Å². The van der Waals surface area contributed by atoms with Crippen LogP contribution in [0.5, 0.6) is 5.75 Å². The van der Waals surface area contributed by atoms with Gasteiger partial charge in [0.1, 0.15) is 6.04 Å². The molecule has 1 amide bonds. The van der Waals surface area contributed by atoms with Crippen LogP contribution in [0.25, 0.3) is 0 Å². The second-order valence-corrected chi connectivity index (χ2v) is 6.71. The monoisotopic (exact) mass is 371 g/mol. The highest BCUT2D eigenvalue weighted by molar-refractivity contribution is 5.97. The van der Waals surface area contributed by atoms with Gasteiger partial charge in [0.05, 0.1) is 12.7 Å². The molecule has 2 aromatic rings. The average molecular weight is 371 g/mol. The Morgan fingerprint density at radius 3 is 2.78 bits per heavy atom. The number of carbonyl (C=O) groups excluding carboxylic acids is 1. The highest BCUT2D eigenvalue weighted by Crippen LogP contribution is 2.34.